The lowest BCUT2D eigenvalue weighted by atomic mass is 10.1. The summed E-state index contributed by atoms with van der Waals surface area (Å²) in [4.78, 5) is 36.5. The van der Waals surface area contributed by atoms with Crippen LogP contribution in [0.4, 0.5) is 5.69 Å². The van der Waals surface area contributed by atoms with Crippen molar-refractivity contribution in [3.63, 3.8) is 0 Å². The van der Waals surface area contributed by atoms with Crippen LogP contribution >= 0.6 is 0 Å². The van der Waals surface area contributed by atoms with E-state index in [0.717, 1.165) is 0 Å². The topological polar surface area (TPSA) is 85.7 Å². The summed E-state index contributed by atoms with van der Waals surface area (Å²) < 4.78 is 4.54. The van der Waals surface area contributed by atoms with Crippen LogP contribution in [0.3, 0.4) is 0 Å². The third-order valence-corrected chi connectivity index (χ3v) is 1.84. The maximum atomic E-state index is 11.3. The number of ketones is 1. The Hall–Kier alpha value is -2.11. The van der Waals surface area contributed by atoms with Crippen molar-refractivity contribution >= 4 is 17.4 Å². The third kappa shape index (κ3) is 2.94. The molecule has 1 aromatic rings. The van der Waals surface area contributed by atoms with Gasteiger partial charge in [0.15, 0.2) is 0 Å². The van der Waals surface area contributed by atoms with Crippen molar-refractivity contribution < 1.29 is 14.3 Å². The van der Waals surface area contributed by atoms with Gasteiger partial charge in [0.05, 0.1) is 12.8 Å². The Labute approximate surface area is 91.6 Å². The second-order valence-corrected chi connectivity index (χ2v) is 2.92. The number of carbonyl (C=O) groups excluding carboxylic acids is 2. The summed E-state index contributed by atoms with van der Waals surface area (Å²) in [6.07, 6.45) is 2.45. The molecule has 0 saturated heterocycles. The van der Waals surface area contributed by atoms with Crippen molar-refractivity contribution in [3.8, 4) is 0 Å². The molecule has 0 radical (unpaired) electrons. The predicted octanol–water partition coefficient (Wildman–Crippen LogP) is 1.15. The molecule has 0 aliphatic heterocycles. The lowest BCUT2D eigenvalue weighted by molar-refractivity contribution is -0.153. The number of ether oxygens (including phenoxy) is 1. The highest BCUT2D eigenvalue weighted by Gasteiger charge is 2.17. The Morgan fingerprint density at radius 3 is 2.88 bits per heavy atom. The number of nitrogens with zero attached hydrogens (tertiary/aromatic N) is 2. The van der Waals surface area contributed by atoms with Crippen LogP contribution in [0.1, 0.15) is 12.5 Å². The van der Waals surface area contributed by atoms with Crippen molar-refractivity contribution in [1.82, 2.24) is 4.98 Å². The summed E-state index contributed by atoms with van der Waals surface area (Å²) >= 11 is 0. The Bertz CT molecular complexity index is 417. The summed E-state index contributed by atoms with van der Waals surface area (Å²) in [6, 6.07) is 1.47. The number of pyridine rings is 1. The maximum Gasteiger partial charge on any atom is 0.374 e. The van der Waals surface area contributed by atoms with Gasteiger partial charge in [-0.3, -0.25) is 9.78 Å². The van der Waals surface area contributed by atoms with E-state index < -0.39 is 11.8 Å². The van der Waals surface area contributed by atoms with Gasteiger partial charge in [0.25, 0.3) is 0 Å². The minimum absolute atomic E-state index is 0.0557. The first-order valence-electron chi connectivity index (χ1n) is 4.65. The number of nitroso groups, excluding NO2 is 1. The number of hydrogen-bond acceptors (Lipinski definition) is 6. The molecule has 1 rings (SSSR count). The molecule has 0 amide bonds. The highest BCUT2D eigenvalue weighted by molar-refractivity contribution is 6.34. The SMILES string of the molecule is CCOC(=O)C(=O)Cc1ccncc1N=O. The second-order valence-electron chi connectivity index (χ2n) is 2.92. The second kappa shape index (κ2) is 5.69. The molecule has 0 aliphatic carbocycles. The Morgan fingerprint density at radius 2 is 2.25 bits per heavy atom. The van der Waals surface area contributed by atoms with Crippen LogP contribution in [0.15, 0.2) is 23.6 Å². The van der Waals surface area contributed by atoms with Crippen LogP contribution < -0.4 is 0 Å². The van der Waals surface area contributed by atoms with Crippen LogP contribution in [-0.4, -0.2) is 23.3 Å². The van der Waals surface area contributed by atoms with Crippen LogP contribution in [0.2, 0.25) is 0 Å². The quantitative estimate of drug-likeness (QED) is 0.424. The Balaban J connectivity index is 2.76. The molecule has 16 heavy (non-hydrogen) atoms. The van der Waals surface area contributed by atoms with Gasteiger partial charge in [-0.25, -0.2) is 4.79 Å². The number of rotatable bonds is 5. The van der Waals surface area contributed by atoms with Gasteiger partial charge in [0, 0.05) is 12.6 Å². The molecule has 6 heteroatoms. The molecule has 0 spiro atoms. The zero-order chi connectivity index (χ0) is 12.0. The van der Waals surface area contributed by atoms with E-state index >= 15 is 0 Å². The van der Waals surface area contributed by atoms with Gasteiger partial charge in [-0.1, -0.05) is 0 Å². The Morgan fingerprint density at radius 1 is 1.50 bits per heavy atom. The van der Waals surface area contributed by atoms with Crippen molar-refractivity contribution in [2.24, 2.45) is 5.18 Å². The molecular weight excluding hydrogens is 212 g/mol. The molecular formula is C10H10N2O4. The summed E-state index contributed by atoms with van der Waals surface area (Å²) in [5, 5.41) is 2.71. The summed E-state index contributed by atoms with van der Waals surface area (Å²) in [5.74, 6) is -1.62. The summed E-state index contributed by atoms with van der Waals surface area (Å²) in [6.45, 7) is 1.75. The first-order chi connectivity index (χ1) is 7.69. The normalized spacial score (nSPS) is 9.56. The van der Waals surface area contributed by atoms with Crippen LogP contribution in [-0.2, 0) is 20.7 Å². The van der Waals surface area contributed by atoms with E-state index in [0.29, 0.717) is 5.56 Å². The number of carbonyl (C=O) groups is 2. The fourth-order valence-electron chi connectivity index (χ4n) is 1.10. The van der Waals surface area contributed by atoms with Crippen LogP contribution in [0.5, 0.6) is 0 Å². The van der Waals surface area contributed by atoms with Gasteiger partial charge in [0.2, 0.25) is 5.78 Å². The molecule has 1 heterocycles. The van der Waals surface area contributed by atoms with Gasteiger partial charge < -0.3 is 4.74 Å². The van der Waals surface area contributed by atoms with E-state index in [1.54, 1.807) is 6.92 Å². The van der Waals surface area contributed by atoms with E-state index in [4.69, 9.17) is 0 Å². The van der Waals surface area contributed by atoms with E-state index in [2.05, 4.69) is 14.9 Å². The van der Waals surface area contributed by atoms with E-state index in [1.165, 1.54) is 18.5 Å². The maximum absolute atomic E-state index is 11.3. The monoisotopic (exact) mass is 222 g/mol. The first kappa shape index (κ1) is 12.0. The number of hydrogen-bond donors (Lipinski definition) is 0. The van der Waals surface area contributed by atoms with Gasteiger partial charge in [-0.2, -0.15) is 0 Å². The number of Topliss-reactive ketones (excluding diaryl/α,β-unsaturated/α-hetero) is 1. The first-order valence-corrected chi connectivity index (χ1v) is 4.65. The van der Waals surface area contributed by atoms with Crippen molar-refractivity contribution in [1.29, 1.82) is 0 Å². The number of esters is 1. The van der Waals surface area contributed by atoms with Gasteiger partial charge in [-0.15, -0.1) is 4.91 Å². The van der Waals surface area contributed by atoms with Crippen LogP contribution in [0, 0.1) is 4.91 Å². The Kier molecular flexibility index (Phi) is 4.26. The largest absolute Gasteiger partial charge is 0.460 e. The lowest BCUT2D eigenvalue weighted by Gasteiger charge is -2.02. The molecule has 1 aromatic heterocycles. The average molecular weight is 222 g/mol. The minimum atomic E-state index is -0.906. The van der Waals surface area contributed by atoms with Crippen molar-refractivity contribution in [2.75, 3.05) is 6.61 Å². The standard InChI is InChI=1S/C10H10N2O4/c1-2-16-10(14)9(13)5-7-3-4-11-6-8(7)12-15/h3-4,6H,2,5H2,1H3. The highest BCUT2D eigenvalue weighted by atomic mass is 16.5. The minimum Gasteiger partial charge on any atom is -0.460 e. The van der Waals surface area contributed by atoms with E-state index in [-0.39, 0.29) is 18.7 Å². The van der Waals surface area contributed by atoms with Crippen molar-refractivity contribution in [2.45, 2.75) is 13.3 Å². The van der Waals surface area contributed by atoms with Gasteiger partial charge in [0.1, 0.15) is 5.69 Å². The van der Waals surface area contributed by atoms with Crippen LogP contribution in [0.25, 0.3) is 0 Å². The molecule has 84 valence electrons. The molecule has 0 aromatic carbocycles. The molecule has 0 fully saturated rings. The number of aromatic nitrogens is 1. The predicted molar refractivity (Wildman–Crippen MR) is 55.0 cm³/mol. The summed E-state index contributed by atoms with van der Waals surface area (Å²) in [5.41, 5.74) is 0.420. The molecule has 0 unspecified atom stereocenters. The van der Waals surface area contributed by atoms with Crippen molar-refractivity contribution in [3.05, 3.63) is 28.9 Å². The van der Waals surface area contributed by atoms with E-state index in [1.807, 2.05) is 0 Å². The fraction of sp³-hybridized carbons (Fsp3) is 0.300. The average Bonchev–Trinajstić information content (AvgIpc) is 2.30. The fourth-order valence-corrected chi connectivity index (χ4v) is 1.10. The molecule has 0 bridgehead atoms. The van der Waals surface area contributed by atoms with E-state index in [9.17, 15) is 14.5 Å². The highest BCUT2D eigenvalue weighted by Crippen LogP contribution is 2.17. The zero-order valence-electron chi connectivity index (χ0n) is 8.67. The van der Waals surface area contributed by atoms with Gasteiger partial charge >= 0.3 is 5.97 Å². The molecule has 0 N–H and O–H groups in total. The molecule has 0 atom stereocenters. The molecule has 6 nitrogen and oxygen atoms in total. The smallest absolute Gasteiger partial charge is 0.374 e. The molecule has 0 aliphatic rings. The summed E-state index contributed by atoms with van der Waals surface area (Å²) in [7, 11) is 0. The lowest BCUT2D eigenvalue weighted by Crippen LogP contribution is -2.19. The third-order valence-electron chi connectivity index (χ3n) is 1.84. The van der Waals surface area contributed by atoms with Gasteiger partial charge in [-0.05, 0) is 23.7 Å². The zero-order valence-corrected chi connectivity index (χ0v) is 8.67. The molecule has 0 saturated carbocycles.